The summed E-state index contributed by atoms with van der Waals surface area (Å²) in [5.41, 5.74) is 0.490. The van der Waals surface area contributed by atoms with Crippen LogP contribution < -0.4 is 4.74 Å². The molecule has 1 aromatic rings. The molecular formula is C16H23BrOS. The Morgan fingerprint density at radius 2 is 1.95 bits per heavy atom. The number of halogens is 1. The lowest BCUT2D eigenvalue weighted by Crippen LogP contribution is -2.25. The average Bonchev–Trinajstić information content (AvgIpc) is 2.71. The molecule has 0 aliphatic heterocycles. The number of ether oxygens (including phenoxy) is 1. The van der Waals surface area contributed by atoms with E-state index in [0.29, 0.717) is 5.41 Å². The minimum atomic E-state index is 0.490. The quantitative estimate of drug-likeness (QED) is 0.395. The minimum absolute atomic E-state index is 0.490. The Labute approximate surface area is 129 Å². The zero-order valence-corrected chi connectivity index (χ0v) is 14.1. The summed E-state index contributed by atoms with van der Waals surface area (Å²) in [5, 5.41) is 1.14. The van der Waals surface area contributed by atoms with Crippen molar-refractivity contribution < 1.29 is 4.74 Å². The molecule has 1 saturated carbocycles. The normalized spacial score (nSPS) is 18.8. The largest absolute Gasteiger partial charge is 0.497 e. The van der Waals surface area contributed by atoms with Crippen molar-refractivity contribution in [1.29, 1.82) is 0 Å². The van der Waals surface area contributed by atoms with Gasteiger partial charge in [0.25, 0.3) is 0 Å². The molecule has 0 spiro atoms. The molecule has 0 amide bonds. The van der Waals surface area contributed by atoms with E-state index in [2.05, 4.69) is 34.1 Å². The van der Waals surface area contributed by atoms with Crippen LogP contribution in [0.5, 0.6) is 5.75 Å². The van der Waals surface area contributed by atoms with Crippen LogP contribution in [-0.4, -0.2) is 18.2 Å². The highest BCUT2D eigenvalue weighted by Gasteiger charge is 2.29. The van der Waals surface area contributed by atoms with Gasteiger partial charge in [0.2, 0.25) is 0 Å². The predicted molar refractivity (Wildman–Crippen MR) is 87.6 cm³/mol. The molecule has 0 N–H and O–H groups in total. The van der Waals surface area contributed by atoms with Crippen LogP contribution in [-0.2, 0) is 0 Å². The van der Waals surface area contributed by atoms with Gasteiger partial charge in [0.1, 0.15) is 5.75 Å². The molecule has 1 aliphatic carbocycles. The Kier molecular flexibility index (Phi) is 6.08. The lowest BCUT2D eigenvalue weighted by molar-refractivity contribution is 0.334. The molecule has 0 bridgehead atoms. The molecule has 3 heteroatoms. The summed E-state index contributed by atoms with van der Waals surface area (Å²) in [4.78, 5) is 1.32. The molecule has 1 aliphatic rings. The van der Waals surface area contributed by atoms with E-state index in [1.807, 2.05) is 17.8 Å². The summed E-state index contributed by atoms with van der Waals surface area (Å²) >= 11 is 5.75. The SMILES string of the molecule is COc1cccc(SCC2(CBr)CCCCCC2)c1. The molecule has 0 heterocycles. The number of benzene rings is 1. The number of alkyl halides is 1. The van der Waals surface area contributed by atoms with E-state index in [4.69, 9.17) is 4.74 Å². The van der Waals surface area contributed by atoms with Crippen LogP contribution in [0, 0.1) is 5.41 Å². The topological polar surface area (TPSA) is 9.23 Å². The lowest BCUT2D eigenvalue weighted by Gasteiger charge is -2.30. The Hall–Kier alpha value is -0.150. The highest BCUT2D eigenvalue weighted by molar-refractivity contribution is 9.09. The van der Waals surface area contributed by atoms with E-state index in [9.17, 15) is 0 Å². The van der Waals surface area contributed by atoms with Gasteiger partial charge >= 0.3 is 0 Å². The van der Waals surface area contributed by atoms with E-state index in [1.165, 1.54) is 49.2 Å². The molecule has 0 atom stereocenters. The van der Waals surface area contributed by atoms with Crippen LogP contribution in [0.1, 0.15) is 38.5 Å². The van der Waals surface area contributed by atoms with Gasteiger partial charge in [-0.1, -0.05) is 47.7 Å². The Morgan fingerprint density at radius 3 is 2.58 bits per heavy atom. The summed E-state index contributed by atoms with van der Waals surface area (Å²) in [6, 6.07) is 8.42. The van der Waals surface area contributed by atoms with Gasteiger partial charge in [0.05, 0.1) is 7.11 Å². The summed E-state index contributed by atoms with van der Waals surface area (Å²) < 4.78 is 5.30. The van der Waals surface area contributed by atoms with Crippen molar-refractivity contribution in [2.45, 2.75) is 43.4 Å². The molecule has 19 heavy (non-hydrogen) atoms. The standard InChI is InChI=1S/C16H23BrOS/c1-18-14-7-6-8-15(11-14)19-13-16(12-17)9-4-2-3-5-10-16/h6-8,11H,2-5,9-10,12-13H2,1H3. The maximum atomic E-state index is 5.30. The summed E-state index contributed by atoms with van der Waals surface area (Å²) in [5.74, 6) is 2.17. The molecule has 2 rings (SSSR count). The first-order valence-electron chi connectivity index (χ1n) is 7.11. The first-order chi connectivity index (χ1) is 9.28. The highest BCUT2D eigenvalue weighted by atomic mass is 79.9. The van der Waals surface area contributed by atoms with Gasteiger partial charge in [-0.2, -0.15) is 0 Å². The maximum absolute atomic E-state index is 5.30. The van der Waals surface area contributed by atoms with Crippen molar-refractivity contribution in [3.63, 3.8) is 0 Å². The zero-order chi connectivity index (χ0) is 13.6. The van der Waals surface area contributed by atoms with Gasteiger partial charge in [-0.05, 0) is 36.5 Å². The van der Waals surface area contributed by atoms with Gasteiger partial charge in [0.15, 0.2) is 0 Å². The Morgan fingerprint density at radius 1 is 1.21 bits per heavy atom. The molecule has 0 unspecified atom stereocenters. The van der Waals surface area contributed by atoms with Gasteiger partial charge in [0, 0.05) is 16.0 Å². The van der Waals surface area contributed by atoms with E-state index in [0.717, 1.165) is 11.1 Å². The monoisotopic (exact) mass is 342 g/mol. The fourth-order valence-electron chi connectivity index (χ4n) is 2.72. The van der Waals surface area contributed by atoms with E-state index in [-0.39, 0.29) is 0 Å². The van der Waals surface area contributed by atoms with Crippen molar-refractivity contribution >= 4 is 27.7 Å². The van der Waals surface area contributed by atoms with Gasteiger partial charge in [-0.15, -0.1) is 11.8 Å². The molecule has 1 fully saturated rings. The molecule has 106 valence electrons. The number of hydrogen-bond donors (Lipinski definition) is 0. The third kappa shape index (κ3) is 4.42. The van der Waals surface area contributed by atoms with Crippen molar-refractivity contribution in [2.24, 2.45) is 5.41 Å². The van der Waals surface area contributed by atoms with Crippen LogP contribution in [0.25, 0.3) is 0 Å². The van der Waals surface area contributed by atoms with E-state index < -0.39 is 0 Å². The summed E-state index contributed by atoms with van der Waals surface area (Å²) in [6.45, 7) is 0. The van der Waals surface area contributed by atoms with Crippen LogP contribution >= 0.6 is 27.7 Å². The number of thioether (sulfide) groups is 1. The lowest BCUT2D eigenvalue weighted by atomic mass is 9.85. The van der Waals surface area contributed by atoms with Crippen molar-refractivity contribution in [3.05, 3.63) is 24.3 Å². The predicted octanol–water partition coefficient (Wildman–Crippen LogP) is 5.52. The fraction of sp³-hybridized carbons (Fsp3) is 0.625. The Balaban J connectivity index is 1.98. The third-order valence-electron chi connectivity index (χ3n) is 4.03. The smallest absolute Gasteiger partial charge is 0.119 e. The zero-order valence-electron chi connectivity index (χ0n) is 11.7. The van der Waals surface area contributed by atoms with E-state index >= 15 is 0 Å². The molecular weight excluding hydrogens is 320 g/mol. The second kappa shape index (κ2) is 7.58. The summed E-state index contributed by atoms with van der Waals surface area (Å²) in [7, 11) is 1.73. The number of methoxy groups -OCH3 is 1. The molecule has 1 nitrogen and oxygen atoms in total. The summed E-state index contributed by atoms with van der Waals surface area (Å²) in [6.07, 6.45) is 8.36. The van der Waals surface area contributed by atoms with Crippen molar-refractivity contribution in [3.8, 4) is 5.75 Å². The second-order valence-electron chi connectivity index (χ2n) is 5.52. The number of hydrogen-bond acceptors (Lipinski definition) is 2. The van der Waals surface area contributed by atoms with Crippen molar-refractivity contribution in [1.82, 2.24) is 0 Å². The fourth-order valence-corrected chi connectivity index (χ4v) is 4.98. The van der Waals surface area contributed by atoms with Gasteiger partial charge in [-0.3, -0.25) is 0 Å². The highest BCUT2D eigenvalue weighted by Crippen LogP contribution is 2.41. The number of rotatable bonds is 5. The third-order valence-corrected chi connectivity index (χ3v) is 6.57. The van der Waals surface area contributed by atoms with Crippen LogP contribution in [0.3, 0.4) is 0 Å². The minimum Gasteiger partial charge on any atom is -0.497 e. The maximum Gasteiger partial charge on any atom is 0.119 e. The molecule has 0 saturated heterocycles. The first-order valence-corrected chi connectivity index (χ1v) is 9.22. The average molecular weight is 343 g/mol. The van der Waals surface area contributed by atoms with E-state index in [1.54, 1.807) is 7.11 Å². The molecule has 0 radical (unpaired) electrons. The first kappa shape index (κ1) is 15.2. The van der Waals surface area contributed by atoms with Crippen LogP contribution in [0.15, 0.2) is 29.2 Å². The van der Waals surface area contributed by atoms with Crippen LogP contribution in [0.2, 0.25) is 0 Å². The van der Waals surface area contributed by atoms with Gasteiger partial charge < -0.3 is 4.74 Å². The Bertz CT molecular complexity index is 386. The molecule has 1 aromatic carbocycles. The van der Waals surface area contributed by atoms with Gasteiger partial charge in [-0.25, -0.2) is 0 Å². The van der Waals surface area contributed by atoms with Crippen molar-refractivity contribution in [2.75, 3.05) is 18.2 Å². The van der Waals surface area contributed by atoms with Crippen LogP contribution in [0.4, 0.5) is 0 Å². The molecule has 0 aromatic heterocycles. The second-order valence-corrected chi connectivity index (χ2v) is 7.12.